The number of sulfonamides is 1. The molecule has 1 heterocycles. The monoisotopic (exact) mass is 369 g/mol. The SMILES string of the molecule is CC(C)c1cc(OCC(=O)OC(C)(C)C)cc2c1C(=O)N(C)S2(=O)=O. The molecule has 0 radical (unpaired) electrons. The van der Waals surface area contributed by atoms with Crippen molar-refractivity contribution >= 4 is 21.9 Å². The van der Waals surface area contributed by atoms with Crippen molar-refractivity contribution < 1.29 is 27.5 Å². The molecule has 0 aliphatic carbocycles. The van der Waals surface area contributed by atoms with Crippen molar-refractivity contribution in [2.45, 2.75) is 51.0 Å². The highest BCUT2D eigenvalue weighted by Crippen LogP contribution is 2.37. The van der Waals surface area contributed by atoms with Crippen LogP contribution < -0.4 is 4.74 Å². The largest absolute Gasteiger partial charge is 0.482 e. The third-order valence-corrected chi connectivity index (χ3v) is 5.41. The molecule has 0 spiro atoms. The number of amides is 1. The number of rotatable bonds is 4. The maximum Gasteiger partial charge on any atom is 0.344 e. The lowest BCUT2D eigenvalue weighted by Gasteiger charge is -2.19. The number of hydrogen-bond acceptors (Lipinski definition) is 6. The van der Waals surface area contributed by atoms with Crippen LogP contribution in [0.2, 0.25) is 0 Å². The lowest BCUT2D eigenvalue weighted by Crippen LogP contribution is -2.27. The summed E-state index contributed by atoms with van der Waals surface area (Å²) in [4.78, 5) is 24.0. The van der Waals surface area contributed by atoms with E-state index in [1.165, 1.54) is 13.1 Å². The first-order chi connectivity index (χ1) is 11.3. The number of fused-ring (bicyclic) bond motifs is 1. The van der Waals surface area contributed by atoms with Gasteiger partial charge in [0.15, 0.2) is 6.61 Å². The summed E-state index contributed by atoms with van der Waals surface area (Å²) in [5, 5.41) is 0. The molecule has 2 rings (SSSR count). The van der Waals surface area contributed by atoms with E-state index >= 15 is 0 Å². The number of carbonyl (C=O) groups excluding carboxylic acids is 2. The van der Waals surface area contributed by atoms with E-state index in [2.05, 4.69) is 0 Å². The number of ether oxygens (including phenoxy) is 2. The molecule has 0 saturated heterocycles. The minimum Gasteiger partial charge on any atom is -0.482 e. The lowest BCUT2D eigenvalue weighted by atomic mass is 9.96. The third kappa shape index (κ3) is 3.78. The lowest BCUT2D eigenvalue weighted by molar-refractivity contribution is -0.157. The Morgan fingerprint density at radius 3 is 2.36 bits per heavy atom. The second-order valence-electron chi connectivity index (χ2n) is 7.19. The smallest absolute Gasteiger partial charge is 0.344 e. The zero-order chi connectivity index (χ0) is 19.2. The summed E-state index contributed by atoms with van der Waals surface area (Å²) in [5.41, 5.74) is 0.0941. The topological polar surface area (TPSA) is 90.0 Å². The Hall–Kier alpha value is -2.09. The van der Waals surface area contributed by atoms with Gasteiger partial charge in [0.1, 0.15) is 16.2 Å². The van der Waals surface area contributed by atoms with E-state index in [0.29, 0.717) is 5.56 Å². The van der Waals surface area contributed by atoms with Gasteiger partial charge in [-0.15, -0.1) is 0 Å². The Balaban J connectivity index is 2.38. The molecule has 0 bridgehead atoms. The maximum atomic E-state index is 12.4. The Morgan fingerprint density at radius 2 is 1.84 bits per heavy atom. The summed E-state index contributed by atoms with van der Waals surface area (Å²) in [5.74, 6) is -1.00. The van der Waals surface area contributed by atoms with Crippen molar-refractivity contribution in [2.75, 3.05) is 13.7 Å². The second kappa shape index (κ2) is 6.33. The molecule has 1 aromatic rings. The first-order valence-electron chi connectivity index (χ1n) is 7.90. The maximum absolute atomic E-state index is 12.4. The van der Waals surface area contributed by atoms with Gasteiger partial charge in [0.2, 0.25) is 0 Å². The van der Waals surface area contributed by atoms with Crippen LogP contribution in [-0.4, -0.2) is 43.9 Å². The van der Waals surface area contributed by atoms with Gasteiger partial charge in [-0.25, -0.2) is 17.5 Å². The molecule has 1 aliphatic rings. The van der Waals surface area contributed by atoms with Crippen LogP contribution in [0.25, 0.3) is 0 Å². The molecule has 8 heteroatoms. The molecule has 1 amide bonds. The molecule has 25 heavy (non-hydrogen) atoms. The first-order valence-corrected chi connectivity index (χ1v) is 9.34. The van der Waals surface area contributed by atoms with E-state index in [-0.39, 0.29) is 28.7 Å². The van der Waals surface area contributed by atoms with Gasteiger partial charge in [-0.05, 0) is 38.3 Å². The third-order valence-electron chi connectivity index (χ3n) is 3.64. The number of hydrogen-bond donors (Lipinski definition) is 0. The van der Waals surface area contributed by atoms with Gasteiger partial charge in [0.05, 0.1) is 5.56 Å². The van der Waals surface area contributed by atoms with Crippen LogP contribution in [0.5, 0.6) is 5.75 Å². The summed E-state index contributed by atoms with van der Waals surface area (Å²) < 4.78 is 36.1. The molecule has 0 saturated carbocycles. The van der Waals surface area contributed by atoms with Crippen LogP contribution in [0, 0.1) is 0 Å². The Morgan fingerprint density at radius 1 is 1.24 bits per heavy atom. The molecule has 1 aromatic carbocycles. The number of esters is 1. The Bertz CT molecular complexity index is 820. The first kappa shape index (κ1) is 19.2. The highest BCUT2D eigenvalue weighted by molar-refractivity contribution is 7.90. The van der Waals surface area contributed by atoms with Crippen molar-refractivity contribution in [1.82, 2.24) is 4.31 Å². The fraction of sp³-hybridized carbons (Fsp3) is 0.529. The fourth-order valence-electron chi connectivity index (χ4n) is 2.51. The van der Waals surface area contributed by atoms with E-state index < -0.39 is 27.5 Å². The highest BCUT2D eigenvalue weighted by atomic mass is 32.2. The Labute approximate surface area is 148 Å². The van der Waals surface area contributed by atoms with Gasteiger partial charge in [0.25, 0.3) is 15.9 Å². The normalized spacial score (nSPS) is 16.1. The van der Waals surface area contributed by atoms with Gasteiger partial charge < -0.3 is 9.47 Å². The van der Waals surface area contributed by atoms with Gasteiger partial charge in [-0.2, -0.15) is 0 Å². The van der Waals surface area contributed by atoms with Crippen LogP contribution in [0.3, 0.4) is 0 Å². The van der Waals surface area contributed by atoms with Crippen LogP contribution in [-0.2, 0) is 19.6 Å². The van der Waals surface area contributed by atoms with Crippen molar-refractivity contribution in [3.63, 3.8) is 0 Å². The van der Waals surface area contributed by atoms with E-state index in [1.807, 2.05) is 13.8 Å². The molecule has 138 valence electrons. The Kier molecular flexibility index (Phi) is 4.87. The predicted octanol–water partition coefficient (Wildman–Crippen LogP) is 2.30. The summed E-state index contributed by atoms with van der Waals surface area (Å²) in [6, 6.07) is 2.88. The summed E-state index contributed by atoms with van der Waals surface area (Å²) in [6.07, 6.45) is 0. The van der Waals surface area contributed by atoms with Crippen molar-refractivity contribution in [1.29, 1.82) is 0 Å². The molecule has 0 N–H and O–H groups in total. The average molecular weight is 369 g/mol. The average Bonchev–Trinajstić information content (AvgIpc) is 2.64. The number of benzene rings is 1. The van der Waals surface area contributed by atoms with E-state index in [0.717, 1.165) is 4.31 Å². The number of carbonyl (C=O) groups is 2. The van der Waals surface area contributed by atoms with Gasteiger partial charge >= 0.3 is 5.97 Å². The van der Waals surface area contributed by atoms with Crippen molar-refractivity contribution in [3.05, 3.63) is 23.3 Å². The van der Waals surface area contributed by atoms with Gasteiger partial charge in [0, 0.05) is 13.1 Å². The minimum atomic E-state index is -3.89. The molecule has 0 fully saturated rings. The number of nitrogens with zero attached hydrogens (tertiary/aromatic N) is 1. The molecular weight excluding hydrogens is 346 g/mol. The quantitative estimate of drug-likeness (QED) is 0.757. The highest BCUT2D eigenvalue weighted by Gasteiger charge is 2.41. The van der Waals surface area contributed by atoms with Crippen LogP contribution in [0.4, 0.5) is 0 Å². The fourth-order valence-corrected chi connectivity index (χ4v) is 3.84. The summed E-state index contributed by atoms with van der Waals surface area (Å²) in [6.45, 7) is 8.58. The van der Waals surface area contributed by atoms with Crippen molar-refractivity contribution in [2.24, 2.45) is 0 Å². The molecular formula is C17H23NO6S. The predicted molar refractivity (Wildman–Crippen MR) is 91.2 cm³/mol. The van der Waals surface area contributed by atoms with Crippen LogP contribution in [0.1, 0.15) is 56.5 Å². The molecule has 0 unspecified atom stereocenters. The molecule has 0 atom stereocenters. The molecule has 7 nitrogen and oxygen atoms in total. The van der Waals surface area contributed by atoms with Crippen LogP contribution >= 0.6 is 0 Å². The molecule has 1 aliphatic heterocycles. The van der Waals surface area contributed by atoms with E-state index in [9.17, 15) is 18.0 Å². The molecule has 0 aromatic heterocycles. The van der Waals surface area contributed by atoms with E-state index in [1.54, 1.807) is 26.8 Å². The second-order valence-corrected chi connectivity index (χ2v) is 9.13. The zero-order valence-electron chi connectivity index (χ0n) is 15.2. The van der Waals surface area contributed by atoms with Crippen LogP contribution in [0.15, 0.2) is 17.0 Å². The van der Waals surface area contributed by atoms with Crippen molar-refractivity contribution in [3.8, 4) is 5.75 Å². The standard InChI is InChI=1S/C17H23NO6S/c1-10(2)12-7-11(23-9-14(19)24-17(3,4)5)8-13-15(12)16(20)18(6)25(13,21)22/h7-8,10H,9H2,1-6H3. The van der Waals surface area contributed by atoms with Gasteiger partial charge in [-0.1, -0.05) is 13.8 Å². The summed E-state index contributed by atoms with van der Waals surface area (Å²) in [7, 11) is -2.67. The van der Waals surface area contributed by atoms with Gasteiger partial charge in [-0.3, -0.25) is 4.79 Å². The van der Waals surface area contributed by atoms with E-state index in [4.69, 9.17) is 9.47 Å². The minimum absolute atomic E-state index is 0.0922. The summed E-state index contributed by atoms with van der Waals surface area (Å²) >= 11 is 0. The zero-order valence-corrected chi connectivity index (χ0v) is 16.1.